The molecule has 4 saturated heterocycles. The molecule has 2 atom stereocenters. The molecule has 4 fully saturated rings. The summed E-state index contributed by atoms with van der Waals surface area (Å²) in [5.74, 6) is 0. The van der Waals surface area contributed by atoms with Gasteiger partial charge < -0.3 is 19.4 Å². The van der Waals surface area contributed by atoms with Gasteiger partial charge in [0, 0.05) is 62.7 Å². The number of benzene rings is 4. The minimum atomic E-state index is -0.276. The number of aromatic amines is 2. The monoisotopic (exact) mass is 798 g/mol. The number of nitrogens with one attached hydrogen (secondary N) is 2. The topological polar surface area (TPSA) is 141 Å². The van der Waals surface area contributed by atoms with Gasteiger partial charge in [0.05, 0.1) is 35.2 Å². The van der Waals surface area contributed by atoms with Gasteiger partial charge in [-0.1, -0.05) is 54.6 Å². The summed E-state index contributed by atoms with van der Waals surface area (Å²) in [6.45, 7) is 8.16. The highest BCUT2D eigenvalue weighted by Gasteiger charge is 2.36. The summed E-state index contributed by atoms with van der Waals surface area (Å²) in [5, 5.41) is 0. The number of para-hydroxylation sites is 5. The molecular formula is C45H50N8O6. The number of likely N-dealkylation sites (tertiary alicyclic amines) is 2. The molecule has 2 amide bonds. The number of piperidine rings is 2. The van der Waals surface area contributed by atoms with E-state index >= 15 is 0 Å². The van der Waals surface area contributed by atoms with Gasteiger partial charge in [-0.15, -0.1) is 0 Å². The predicted octanol–water partition coefficient (Wildman–Crippen LogP) is 6.29. The second-order valence-electron chi connectivity index (χ2n) is 16.1. The third-order valence-corrected chi connectivity index (χ3v) is 12.1. The van der Waals surface area contributed by atoms with Crippen LogP contribution in [0.1, 0.15) is 43.3 Å². The summed E-state index contributed by atoms with van der Waals surface area (Å²) in [5.41, 5.74) is 6.54. The van der Waals surface area contributed by atoms with E-state index < -0.39 is 0 Å². The number of anilines is 2. The number of rotatable bonds is 8. The molecule has 4 aliphatic heterocycles. The van der Waals surface area contributed by atoms with E-state index in [-0.39, 0.29) is 47.9 Å². The van der Waals surface area contributed by atoms with Crippen LogP contribution in [0.5, 0.6) is 0 Å². The number of amides is 2. The van der Waals surface area contributed by atoms with Crippen LogP contribution < -0.4 is 21.2 Å². The van der Waals surface area contributed by atoms with E-state index in [2.05, 4.69) is 19.8 Å². The lowest BCUT2D eigenvalue weighted by atomic mass is 10.0. The Hall–Kier alpha value is -6.12. The molecule has 6 aromatic rings. The van der Waals surface area contributed by atoms with Crippen LogP contribution in [0, 0.1) is 6.92 Å². The Labute approximate surface area is 341 Å². The van der Waals surface area contributed by atoms with E-state index in [1.54, 1.807) is 9.80 Å². The fraction of sp³-hybridized carbons (Fsp3) is 0.378. The van der Waals surface area contributed by atoms with E-state index in [9.17, 15) is 19.2 Å². The van der Waals surface area contributed by atoms with Crippen LogP contribution >= 0.6 is 0 Å². The third kappa shape index (κ3) is 8.15. The number of hydrogen-bond acceptors (Lipinski definition) is 8. The van der Waals surface area contributed by atoms with Crippen molar-refractivity contribution in [3.05, 3.63) is 130 Å². The average Bonchev–Trinajstić information content (AvgIpc) is 4.00. The molecule has 0 radical (unpaired) electrons. The van der Waals surface area contributed by atoms with Crippen molar-refractivity contribution in [2.75, 3.05) is 62.2 Å². The highest BCUT2D eigenvalue weighted by atomic mass is 16.6. The van der Waals surface area contributed by atoms with Crippen molar-refractivity contribution in [2.24, 2.45) is 0 Å². The molecule has 10 rings (SSSR count). The van der Waals surface area contributed by atoms with Crippen LogP contribution in [0.3, 0.4) is 0 Å². The first kappa shape index (κ1) is 38.4. The molecule has 14 nitrogen and oxygen atoms in total. The Balaban J connectivity index is 0.000000152. The molecule has 4 aromatic carbocycles. The van der Waals surface area contributed by atoms with E-state index in [4.69, 9.17) is 9.47 Å². The third-order valence-electron chi connectivity index (χ3n) is 12.1. The Morgan fingerprint density at radius 1 is 0.542 bits per heavy atom. The first-order chi connectivity index (χ1) is 28.8. The molecule has 0 aliphatic carbocycles. The first-order valence-corrected chi connectivity index (χ1v) is 20.7. The van der Waals surface area contributed by atoms with E-state index in [1.165, 1.54) is 0 Å². The summed E-state index contributed by atoms with van der Waals surface area (Å²) in [7, 11) is 0. The largest absolute Gasteiger partial charge is 0.443 e. The lowest BCUT2D eigenvalue weighted by Gasteiger charge is -2.33. The minimum absolute atomic E-state index is 0.0341. The maximum atomic E-state index is 12.5. The molecule has 306 valence electrons. The van der Waals surface area contributed by atoms with Gasteiger partial charge in [-0.3, -0.25) is 28.7 Å². The molecule has 14 heteroatoms. The maximum absolute atomic E-state index is 12.5. The van der Waals surface area contributed by atoms with Gasteiger partial charge in [0.2, 0.25) is 0 Å². The van der Waals surface area contributed by atoms with Crippen LogP contribution in [0.2, 0.25) is 0 Å². The number of aromatic nitrogens is 4. The van der Waals surface area contributed by atoms with Gasteiger partial charge >= 0.3 is 23.6 Å². The Morgan fingerprint density at radius 3 is 1.47 bits per heavy atom. The van der Waals surface area contributed by atoms with Gasteiger partial charge in [0.15, 0.2) is 0 Å². The number of carbonyl (C=O) groups excluding carboxylic acids is 2. The van der Waals surface area contributed by atoms with Crippen LogP contribution in [0.15, 0.2) is 113 Å². The fourth-order valence-electron chi connectivity index (χ4n) is 9.23. The summed E-state index contributed by atoms with van der Waals surface area (Å²) < 4.78 is 15.0. The molecule has 2 N–H and O–H groups in total. The standard InChI is InChI=1S/C23H26N4O3.C22H24N4O3/c1-16-5-4-6-18(13-16)26-15-19(30-23(26)29)14-25-11-9-17(10-12-25)27-21-8-3-2-7-20(21)24-22(27)28;27-21-23-19-8-4-5-9-20(19)26(21)17-10-12-24(13-11-17)14-18-15-25(22(28)29-18)16-6-2-1-3-7-16/h2-8,13,17,19H,9-12,14-15H2,1H3,(H,24,28);1-9,17-18H,10-15H2,(H,23,27). The summed E-state index contributed by atoms with van der Waals surface area (Å²) in [4.78, 5) is 63.5. The maximum Gasteiger partial charge on any atom is 0.414 e. The number of nitrogens with zero attached hydrogens (tertiary/aromatic N) is 6. The SMILES string of the molecule is Cc1cccc(N2CC(CN3CCC(n4c(=O)[nH]c5ccccc54)CC3)OC2=O)c1.O=C1OC(CN2CCC(n3c(=O)[nH]c4ccccc43)CC2)CN1c1ccccc1. The van der Waals surface area contributed by atoms with Crippen molar-refractivity contribution < 1.29 is 19.1 Å². The second kappa shape index (κ2) is 16.6. The number of ether oxygens (including phenoxy) is 2. The lowest BCUT2D eigenvalue weighted by molar-refractivity contribution is 0.0921. The number of hydrogen-bond donors (Lipinski definition) is 2. The Bertz CT molecular complexity index is 2550. The molecule has 0 bridgehead atoms. The number of aryl methyl sites for hydroxylation is 1. The summed E-state index contributed by atoms with van der Waals surface area (Å²) in [6, 6.07) is 33.6. The Kier molecular flexibility index (Phi) is 10.8. The number of fused-ring (bicyclic) bond motifs is 2. The number of cyclic esters (lactones) is 2. The lowest BCUT2D eigenvalue weighted by Crippen LogP contribution is -2.41. The molecule has 2 unspecified atom stereocenters. The first-order valence-electron chi connectivity index (χ1n) is 20.7. The summed E-state index contributed by atoms with van der Waals surface area (Å²) in [6.07, 6.45) is 2.82. The van der Waals surface area contributed by atoms with Crippen molar-refractivity contribution >= 4 is 45.6 Å². The highest BCUT2D eigenvalue weighted by molar-refractivity contribution is 5.90. The van der Waals surface area contributed by atoms with Crippen LogP contribution in [0.4, 0.5) is 21.0 Å². The van der Waals surface area contributed by atoms with Crippen LogP contribution in [-0.4, -0.2) is 106 Å². The van der Waals surface area contributed by atoms with E-state index in [1.807, 2.05) is 119 Å². The molecule has 2 aromatic heterocycles. The molecule has 0 saturated carbocycles. The van der Waals surface area contributed by atoms with Crippen molar-refractivity contribution in [3.63, 3.8) is 0 Å². The Morgan fingerprint density at radius 2 is 0.983 bits per heavy atom. The van der Waals surface area contributed by atoms with Gasteiger partial charge in [-0.2, -0.15) is 0 Å². The second-order valence-corrected chi connectivity index (χ2v) is 16.1. The fourth-order valence-corrected chi connectivity index (χ4v) is 9.23. The number of carbonyl (C=O) groups is 2. The summed E-state index contributed by atoms with van der Waals surface area (Å²) >= 11 is 0. The van der Waals surface area contributed by atoms with Gasteiger partial charge in [0.1, 0.15) is 12.2 Å². The van der Waals surface area contributed by atoms with Crippen molar-refractivity contribution in [2.45, 2.75) is 56.9 Å². The van der Waals surface area contributed by atoms with Crippen molar-refractivity contribution in [3.8, 4) is 0 Å². The predicted molar refractivity (Wildman–Crippen MR) is 227 cm³/mol. The van der Waals surface area contributed by atoms with Gasteiger partial charge in [0.25, 0.3) is 0 Å². The van der Waals surface area contributed by atoms with Crippen LogP contribution in [-0.2, 0) is 9.47 Å². The molecule has 4 aliphatic rings. The van der Waals surface area contributed by atoms with Gasteiger partial charge in [-0.05, 0) is 86.7 Å². The molecule has 59 heavy (non-hydrogen) atoms. The molecular weight excluding hydrogens is 749 g/mol. The average molecular weight is 799 g/mol. The number of imidazole rings is 2. The smallest absolute Gasteiger partial charge is 0.414 e. The zero-order valence-electron chi connectivity index (χ0n) is 33.2. The molecule has 6 heterocycles. The normalized spacial score (nSPS) is 20.9. The molecule has 0 spiro atoms. The zero-order valence-corrected chi connectivity index (χ0v) is 33.2. The van der Waals surface area contributed by atoms with Gasteiger partial charge in [-0.25, -0.2) is 19.2 Å². The van der Waals surface area contributed by atoms with Crippen molar-refractivity contribution in [1.29, 1.82) is 0 Å². The van der Waals surface area contributed by atoms with E-state index in [0.717, 1.165) is 104 Å². The minimum Gasteiger partial charge on any atom is -0.443 e. The highest BCUT2D eigenvalue weighted by Crippen LogP contribution is 2.29. The van der Waals surface area contributed by atoms with Crippen LogP contribution in [0.25, 0.3) is 22.1 Å². The van der Waals surface area contributed by atoms with E-state index in [0.29, 0.717) is 13.1 Å². The quantitative estimate of drug-likeness (QED) is 0.183. The van der Waals surface area contributed by atoms with Crippen molar-refractivity contribution in [1.82, 2.24) is 28.9 Å². The number of H-pyrrole nitrogens is 2. The zero-order chi connectivity index (χ0) is 40.5.